The summed E-state index contributed by atoms with van der Waals surface area (Å²) in [7, 11) is 1.40. The molecule has 2 aromatic carbocycles. The number of nitrogens with one attached hydrogen (secondary N) is 1. The van der Waals surface area contributed by atoms with Gasteiger partial charge in [0.05, 0.1) is 7.11 Å². The minimum Gasteiger partial charge on any atom is -0.494 e. The first-order chi connectivity index (χ1) is 8.19. The maximum absolute atomic E-state index is 13.4. The summed E-state index contributed by atoms with van der Waals surface area (Å²) in [6, 6.07) is 10.4. The molecule has 0 aliphatic rings. The van der Waals surface area contributed by atoms with Crippen molar-refractivity contribution < 1.29 is 13.5 Å². The SMILES string of the molecule is COc1ccc(Nc2cccc(F)c2)cc1F. The summed E-state index contributed by atoms with van der Waals surface area (Å²) < 4.78 is 31.1. The van der Waals surface area contributed by atoms with Gasteiger partial charge in [0, 0.05) is 17.4 Å². The smallest absolute Gasteiger partial charge is 0.167 e. The van der Waals surface area contributed by atoms with E-state index in [9.17, 15) is 8.78 Å². The van der Waals surface area contributed by atoms with E-state index in [0.717, 1.165) is 0 Å². The second-order valence-electron chi connectivity index (χ2n) is 3.48. The fourth-order valence-electron chi connectivity index (χ4n) is 1.48. The van der Waals surface area contributed by atoms with Gasteiger partial charge in [-0.15, -0.1) is 0 Å². The van der Waals surface area contributed by atoms with Gasteiger partial charge >= 0.3 is 0 Å². The van der Waals surface area contributed by atoms with Crippen LogP contribution in [0.4, 0.5) is 20.2 Å². The van der Waals surface area contributed by atoms with Crippen molar-refractivity contribution in [2.75, 3.05) is 12.4 Å². The second kappa shape index (κ2) is 4.82. The van der Waals surface area contributed by atoms with Crippen molar-refractivity contribution >= 4 is 11.4 Å². The van der Waals surface area contributed by atoms with Gasteiger partial charge in [-0.05, 0) is 30.3 Å². The zero-order valence-electron chi connectivity index (χ0n) is 9.21. The number of halogens is 2. The van der Waals surface area contributed by atoms with E-state index in [4.69, 9.17) is 4.74 Å². The molecule has 0 aromatic heterocycles. The Morgan fingerprint density at radius 1 is 1.00 bits per heavy atom. The highest BCUT2D eigenvalue weighted by Crippen LogP contribution is 2.23. The zero-order chi connectivity index (χ0) is 12.3. The lowest BCUT2D eigenvalue weighted by Crippen LogP contribution is -1.93. The van der Waals surface area contributed by atoms with E-state index in [1.807, 2.05) is 0 Å². The van der Waals surface area contributed by atoms with Gasteiger partial charge in [-0.2, -0.15) is 0 Å². The number of benzene rings is 2. The Balaban J connectivity index is 2.22. The van der Waals surface area contributed by atoms with Crippen molar-refractivity contribution in [3.05, 3.63) is 54.1 Å². The molecule has 0 bridgehead atoms. The van der Waals surface area contributed by atoms with Gasteiger partial charge in [0.25, 0.3) is 0 Å². The fraction of sp³-hybridized carbons (Fsp3) is 0.0769. The first kappa shape index (κ1) is 11.4. The highest BCUT2D eigenvalue weighted by atomic mass is 19.1. The van der Waals surface area contributed by atoms with Gasteiger partial charge in [-0.1, -0.05) is 6.07 Å². The molecule has 0 aliphatic carbocycles. The van der Waals surface area contributed by atoms with Crippen LogP contribution in [0.5, 0.6) is 5.75 Å². The molecule has 0 aliphatic heterocycles. The maximum Gasteiger partial charge on any atom is 0.167 e. The Bertz CT molecular complexity index is 529. The molecule has 0 spiro atoms. The summed E-state index contributed by atoms with van der Waals surface area (Å²) in [5.74, 6) is -0.632. The van der Waals surface area contributed by atoms with E-state index in [2.05, 4.69) is 5.32 Å². The van der Waals surface area contributed by atoms with Crippen LogP contribution in [-0.2, 0) is 0 Å². The van der Waals surface area contributed by atoms with E-state index in [-0.39, 0.29) is 11.6 Å². The molecule has 0 fully saturated rings. The van der Waals surface area contributed by atoms with Crippen molar-refractivity contribution in [2.45, 2.75) is 0 Å². The molecule has 0 unspecified atom stereocenters. The summed E-state index contributed by atoms with van der Waals surface area (Å²) in [6.45, 7) is 0. The van der Waals surface area contributed by atoms with Crippen LogP contribution >= 0.6 is 0 Å². The molecule has 88 valence electrons. The van der Waals surface area contributed by atoms with Gasteiger partial charge < -0.3 is 10.1 Å². The van der Waals surface area contributed by atoms with Crippen LogP contribution in [0, 0.1) is 11.6 Å². The monoisotopic (exact) mass is 235 g/mol. The Hall–Kier alpha value is -2.10. The van der Waals surface area contributed by atoms with Gasteiger partial charge in [0.2, 0.25) is 0 Å². The van der Waals surface area contributed by atoms with Crippen LogP contribution in [0.25, 0.3) is 0 Å². The molecule has 2 rings (SSSR count). The summed E-state index contributed by atoms with van der Waals surface area (Å²) >= 11 is 0. The van der Waals surface area contributed by atoms with Crippen LogP contribution in [-0.4, -0.2) is 7.11 Å². The van der Waals surface area contributed by atoms with E-state index in [1.165, 1.54) is 31.4 Å². The highest BCUT2D eigenvalue weighted by Gasteiger charge is 2.03. The molecule has 0 atom stereocenters. The molecule has 1 N–H and O–H groups in total. The predicted molar refractivity (Wildman–Crippen MR) is 62.6 cm³/mol. The number of rotatable bonds is 3. The standard InChI is InChI=1S/C13H11F2NO/c1-17-13-6-5-11(8-12(13)15)16-10-4-2-3-9(14)7-10/h2-8,16H,1H3. The van der Waals surface area contributed by atoms with E-state index < -0.39 is 5.82 Å². The van der Waals surface area contributed by atoms with Gasteiger partial charge in [0.15, 0.2) is 11.6 Å². The van der Waals surface area contributed by atoms with Gasteiger partial charge in [-0.3, -0.25) is 0 Å². The van der Waals surface area contributed by atoms with Gasteiger partial charge in [-0.25, -0.2) is 8.78 Å². The minimum atomic E-state index is -0.464. The Labute approximate surface area is 97.8 Å². The molecule has 0 amide bonds. The zero-order valence-corrected chi connectivity index (χ0v) is 9.21. The van der Waals surface area contributed by atoms with Crippen molar-refractivity contribution in [3.63, 3.8) is 0 Å². The van der Waals surface area contributed by atoms with Crippen molar-refractivity contribution in [1.29, 1.82) is 0 Å². The first-order valence-corrected chi connectivity index (χ1v) is 5.05. The molecule has 17 heavy (non-hydrogen) atoms. The summed E-state index contributed by atoms with van der Waals surface area (Å²) in [5, 5.41) is 2.90. The molecule has 0 saturated heterocycles. The third-order valence-corrected chi connectivity index (χ3v) is 2.27. The molecule has 4 heteroatoms. The number of hydrogen-bond acceptors (Lipinski definition) is 2. The summed E-state index contributed by atoms with van der Waals surface area (Å²) in [4.78, 5) is 0. The topological polar surface area (TPSA) is 21.3 Å². The molecule has 0 saturated carbocycles. The van der Waals surface area contributed by atoms with Crippen molar-refractivity contribution in [3.8, 4) is 5.75 Å². The van der Waals surface area contributed by atoms with Crippen LogP contribution < -0.4 is 10.1 Å². The van der Waals surface area contributed by atoms with Gasteiger partial charge in [0.1, 0.15) is 5.82 Å². The average molecular weight is 235 g/mol. The summed E-state index contributed by atoms with van der Waals surface area (Å²) in [5.41, 5.74) is 1.10. The van der Waals surface area contributed by atoms with E-state index in [0.29, 0.717) is 11.4 Å². The van der Waals surface area contributed by atoms with Crippen LogP contribution in [0.1, 0.15) is 0 Å². The molecule has 2 aromatic rings. The van der Waals surface area contributed by atoms with Crippen LogP contribution in [0.15, 0.2) is 42.5 Å². The second-order valence-corrected chi connectivity index (χ2v) is 3.48. The first-order valence-electron chi connectivity index (χ1n) is 5.05. The third kappa shape index (κ3) is 2.72. The third-order valence-electron chi connectivity index (χ3n) is 2.27. The molecule has 0 heterocycles. The predicted octanol–water partition coefficient (Wildman–Crippen LogP) is 3.72. The largest absolute Gasteiger partial charge is 0.494 e. The maximum atomic E-state index is 13.4. The van der Waals surface area contributed by atoms with E-state index in [1.54, 1.807) is 18.2 Å². The lowest BCUT2D eigenvalue weighted by atomic mass is 10.2. The Morgan fingerprint density at radius 2 is 1.76 bits per heavy atom. The lowest BCUT2D eigenvalue weighted by molar-refractivity contribution is 0.386. The van der Waals surface area contributed by atoms with E-state index >= 15 is 0 Å². The Kier molecular flexibility index (Phi) is 3.23. The molecule has 0 radical (unpaired) electrons. The quantitative estimate of drug-likeness (QED) is 0.875. The number of ether oxygens (including phenoxy) is 1. The highest BCUT2D eigenvalue weighted by molar-refractivity contribution is 5.60. The van der Waals surface area contributed by atoms with Crippen LogP contribution in [0.2, 0.25) is 0 Å². The van der Waals surface area contributed by atoms with Crippen molar-refractivity contribution in [2.24, 2.45) is 0 Å². The lowest BCUT2D eigenvalue weighted by Gasteiger charge is -2.08. The van der Waals surface area contributed by atoms with Crippen molar-refractivity contribution in [1.82, 2.24) is 0 Å². The average Bonchev–Trinajstić information content (AvgIpc) is 2.29. The van der Waals surface area contributed by atoms with Crippen LogP contribution in [0.3, 0.4) is 0 Å². The molecule has 2 nitrogen and oxygen atoms in total. The molecular formula is C13H11F2NO. The number of hydrogen-bond donors (Lipinski definition) is 1. The normalized spacial score (nSPS) is 10.1. The Morgan fingerprint density at radius 3 is 2.41 bits per heavy atom. The number of anilines is 2. The summed E-state index contributed by atoms with van der Waals surface area (Å²) in [6.07, 6.45) is 0. The number of methoxy groups -OCH3 is 1. The minimum absolute atomic E-state index is 0.176. The molecular weight excluding hydrogens is 224 g/mol. The fourth-order valence-corrected chi connectivity index (χ4v) is 1.48.